The van der Waals surface area contributed by atoms with E-state index in [1.54, 1.807) is 6.07 Å². The zero-order valence-corrected chi connectivity index (χ0v) is 14.3. The largest absolute Gasteiger partial charge is 0.348 e. The summed E-state index contributed by atoms with van der Waals surface area (Å²) < 4.78 is 24.7. The van der Waals surface area contributed by atoms with Crippen LogP contribution in [0.25, 0.3) is 0 Å². The smallest absolute Gasteiger partial charge is 0.261 e. The van der Waals surface area contributed by atoms with Gasteiger partial charge in [-0.1, -0.05) is 13.0 Å². The molecule has 0 aromatic carbocycles. The summed E-state index contributed by atoms with van der Waals surface area (Å²) in [5.41, 5.74) is 0. The summed E-state index contributed by atoms with van der Waals surface area (Å²) in [4.78, 5) is 15.2. The number of nitrogens with zero attached hydrogens (tertiary/aromatic N) is 1. The van der Waals surface area contributed by atoms with Gasteiger partial charge < -0.3 is 10.2 Å². The average molecular weight is 342 g/mol. The zero-order chi connectivity index (χ0) is 15.7. The first-order chi connectivity index (χ1) is 10.5. The van der Waals surface area contributed by atoms with E-state index in [-0.39, 0.29) is 28.9 Å². The van der Waals surface area contributed by atoms with Crippen molar-refractivity contribution in [3.05, 3.63) is 22.4 Å². The van der Waals surface area contributed by atoms with Gasteiger partial charge in [0.25, 0.3) is 5.91 Å². The van der Waals surface area contributed by atoms with E-state index >= 15 is 0 Å². The Hall–Kier alpha value is -0.920. The maximum atomic E-state index is 12.3. The number of fused-ring (bicyclic) bond motifs is 1. The minimum Gasteiger partial charge on any atom is -0.348 e. The molecule has 7 heteroatoms. The van der Waals surface area contributed by atoms with Gasteiger partial charge in [-0.2, -0.15) is 0 Å². The number of sulfone groups is 1. The summed E-state index contributed by atoms with van der Waals surface area (Å²) in [5.74, 6) is 0.130. The third-order valence-electron chi connectivity index (χ3n) is 4.68. The minimum absolute atomic E-state index is 0.0224. The van der Waals surface area contributed by atoms with Crippen molar-refractivity contribution < 1.29 is 13.2 Å². The standard InChI is InChI=1S/C15H22N2O3S2/c1-2-6-17-9-11-12(5-8-22(19,20)14(11)10-17)16-15(18)13-4-3-7-21-13/h3-4,7,11-12,14H,2,5-6,8-10H2,1H3,(H,16,18)/t11-,12-,14+/m1/s1. The Labute approximate surface area is 135 Å². The Kier molecular flexibility index (Phi) is 4.56. The van der Waals surface area contributed by atoms with Crippen LogP contribution in [-0.2, 0) is 9.84 Å². The maximum absolute atomic E-state index is 12.3. The van der Waals surface area contributed by atoms with Crippen molar-refractivity contribution in [3.63, 3.8) is 0 Å². The fraction of sp³-hybridized carbons (Fsp3) is 0.667. The van der Waals surface area contributed by atoms with Gasteiger partial charge in [-0.3, -0.25) is 4.79 Å². The molecule has 3 rings (SSSR count). The number of thiophene rings is 1. The molecule has 5 nitrogen and oxygen atoms in total. The van der Waals surface area contributed by atoms with Gasteiger partial charge in [0.05, 0.1) is 15.9 Å². The van der Waals surface area contributed by atoms with Crippen LogP contribution in [0.15, 0.2) is 17.5 Å². The molecule has 1 aromatic heterocycles. The van der Waals surface area contributed by atoms with E-state index in [1.807, 2.05) is 11.4 Å². The number of hydrogen-bond acceptors (Lipinski definition) is 5. The topological polar surface area (TPSA) is 66.5 Å². The van der Waals surface area contributed by atoms with E-state index in [1.165, 1.54) is 11.3 Å². The first-order valence-electron chi connectivity index (χ1n) is 7.79. The van der Waals surface area contributed by atoms with Crippen LogP contribution in [0.4, 0.5) is 0 Å². The van der Waals surface area contributed by atoms with Crippen LogP contribution < -0.4 is 5.32 Å². The fourth-order valence-corrected chi connectivity index (χ4v) is 6.39. The van der Waals surface area contributed by atoms with Crippen LogP contribution in [0.5, 0.6) is 0 Å². The third-order valence-corrected chi connectivity index (χ3v) is 7.77. The molecule has 122 valence electrons. The third kappa shape index (κ3) is 3.07. The van der Waals surface area contributed by atoms with Crippen molar-refractivity contribution in [3.8, 4) is 0 Å². The zero-order valence-electron chi connectivity index (χ0n) is 12.7. The molecule has 3 atom stereocenters. The lowest BCUT2D eigenvalue weighted by molar-refractivity contribution is 0.0923. The van der Waals surface area contributed by atoms with Crippen LogP contribution in [0.1, 0.15) is 29.4 Å². The number of nitrogens with one attached hydrogen (secondary N) is 1. The SMILES string of the molecule is CCCN1C[C@@H]2[C@H](NC(=O)c3cccs3)CCS(=O)(=O)[C@H]2C1. The number of amides is 1. The summed E-state index contributed by atoms with van der Waals surface area (Å²) in [5, 5.41) is 4.63. The molecule has 1 N–H and O–H groups in total. The lowest BCUT2D eigenvalue weighted by atomic mass is 9.95. The highest BCUT2D eigenvalue weighted by Crippen LogP contribution is 2.33. The second-order valence-corrected chi connectivity index (χ2v) is 9.46. The molecule has 1 amide bonds. The molecule has 2 aliphatic heterocycles. The van der Waals surface area contributed by atoms with Crippen molar-refractivity contribution in [2.45, 2.75) is 31.1 Å². The van der Waals surface area contributed by atoms with Gasteiger partial charge >= 0.3 is 0 Å². The first-order valence-corrected chi connectivity index (χ1v) is 10.4. The summed E-state index contributed by atoms with van der Waals surface area (Å²) in [7, 11) is -3.02. The van der Waals surface area contributed by atoms with Gasteiger partial charge in [0.2, 0.25) is 0 Å². The van der Waals surface area contributed by atoms with E-state index in [4.69, 9.17) is 0 Å². The number of carbonyl (C=O) groups excluding carboxylic acids is 1. The summed E-state index contributed by atoms with van der Waals surface area (Å²) in [6.07, 6.45) is 1.55. The molecule has 0 aliphatic carbocycles. The van der Waals surface area contributed by atoms with Crippen molar-refractivity contribution in [1.29, 1.82) is 0 Å². The first kappa shape index (κ1) is 16.0. The van der Waals surface area contributed by atoms with E-state index in [0.717, 1.165) is 19.5 Å². The molecule has 1 aromatic rings. The molecule has 0 radical (unpaired) electrons. The summed E-state index contributed by atoms with van der Waals surface area (Å²) in [6, 6.07) is 3.62. The lowest BCUT2D eigenvalue weighted by Gasteiger charge is -2.33. The Morgan fingerprint density at radius 2 is 2.27 bits per heavy atom. The van der Waals surface area contributed by atoms with Crippen LogP contribution >= 0.6 is 11.3 Å². The number of rotatable bonds is 4. The van der Waals surface area contributed by atoms with Crippen molar-refractivity contribution in [2.75, 3.05) is 25.4 Å². The van der Waals surface area contributed by atoms with Gasteiger partial charge in [-0.15, -0.1) is 11.3 Å². The Morgan fingerprint density at radius 3 is 2.95 bits per heavy atom. The van der Waals surface area contributed by atoms with Gasteiger partial charge in [0.15, 0.2) is 9.84 Å². The second-order valence-electron chi connectivity index (χ2n) is 6.17. The van der Waals surface area contributed by atoms with Gasteiger partial charge in [-0.05, 0) is 30.8 Å². The molecule has 0 bridgehead atoms. The molecule has 22 heavy (non-hydrogen) atoms. The highest BCUT2D eigenvalue weighted by Gasteiger charge is 2.48. The molecule has 2 saturated heterocycles. The molecular weight excluding hydrogens is 320 g/mol. The lowest BCUT2D eigenvalue weighted by Crippen LogP contribution is -2.51. The number of likely N-dealkylation sites (tertiary alicyclic amines) is 1. The summed E-state index contributed by atoms with van der Waals surface area (Å²) >= 11 is 1.41. The molecule has 0 spiro atoms. The predicted molar refractivity (Wildman–Crippen MR) is 88.0 cm³/mol. The van der Waals surface area contributed by atoms with E-state index in [0.29, 0.717) is 17.8 Å². The predicted octanol–water partition coefficient (Wildman–Crippen LogP) is 1.38. The maximum Gasteiger partial charge on any atom is 0.261 e. The van der Waals surface area contributed by atoms with Crippen LogP contribution in [0.2, 0.25) is 0 Å². The van der Waals surface area contributed by atoms with Gasteiger partial charge in [0, 0.05) is 25.0 Å². The highest BCUT2D eigenvalue weighted by molar-refractivity contribution is 7.92. The minimum atomic E-state index is -3.02. The molecule has 0 saturated carbocycles. The summed E-state index contributed by atoms with van der Waals surface area (Å²) in [6.45, 7) is 4.42. The Morgan fingerprint density at radius 1 is 1.45 bits per heavy atom. The van der Waals surface area contributed by atoms with E-state index in [2.05, 4.69) is 17.1 Å². The normalized spacial score (nSPS) is 30.9. The molecule has 3 heterocycles. The van der Waals surface area contributed by atoms with Gasteiger partial charge in [-0.25, -0.2) is 8.42 Å². The van der Waals surface area contributed by atoms with Crippen molar-refractivity contribution in [1.82, 2.24) is 10.2 Å². The van der Waals surface area contributed by atoms with Crippen molar-refractivity contribution >= 4 is 27.1 Å². The fourth-order valence-electron chi connectivity index (χ4n) is 3.63. The number of carbonyl (C=O) groups is 1. The monoisotopic (exact) mass is 342 g/mol. The quantitative estimate of drug-likeness (QED) is 0.898. The van der Waals surface area contributed by atoms with E-state index < -0.39 is 9.84 Å². The van der Waals surface area contributed by atoms with Crippen LogP contribution in [0.3, 0.4) is 0 Å². The average Bonchev–Trinajstić information content (AvgIpc) is 3.12. The molecule has 2 fully saturated rings. The number of hydrogen-bond donors (Lipinski definition) is 1. The van der Waals surface area contributed by atoms with Crippen molar-refractivity contribution in [2.24, 2.45) is 5.92 Å². The molecule has 2 aliphatic rings. The van der Waals surface area contributed by atoms with Crippen LogP contribution in [-0.4, -0.2) is 55.9 Å². The Bertz CT molecular complexity index is 627. The van der Waals surface area contributed by atoms with Crippen LogP contribution in [0, 0.1) is 5.92 Å². The molecular formula is C15H22N2O3S2. The Balaban J connectivity index is 1.74. The molecule has 0 unspecified atom stereocenters. The van der Waals surface area contributed by atoms with E-state index in [9.17, 15) is 13.2 Å². The highest BCUT2D eigenvalue weighted by atomic mass is 32.2. The second kappa shape index (κ2) is 6.29. The van der Waals surface area contributed by atoms with Gasteiger partial charge in [0.1, 0.15) is 0 Å².